The summed E-state index contributed by atoms with van der Waals surface area (Å²) in [5, 5.41) is 2.46. The fourth-order valence-corrected chi connectivity index (χ4v) is 2.65. The van der Waals surface area contributed by atoms with Gasteiger partial charge in [-0.3, -0.25) is 19.4 Å². The number of benzene rings is 1. The molecule has 134 valence electrons. The molecule has 0 bridgehead atoms. The van der Waals surface area contributed by atoms with Gasteiger partial charge in [0.05, 0.1) is 16.8 Å². The first-order valence-electron chi connectivity index (χ1n) is 8.08. The van der Waals surface area contributed by atoms with Crippen molar-refractivity contribution in [3.63, 3.8) is 0 Å². The Hall–Kier alpha value is -3.29. The van der Waals surface area contributed by atoms with Crippen molar-refractivity contribution in [1.29, 1.82) is 0 Å². The minimum atomic E-state index is -0.553. The second kappa shape index (κ2) is 7.73. The number of halogens is 1. The van der Waals surface area contributed by atoms with Gasteiger partial charge in [-0.15, -0.1) is 0 Å². The summed E-state index contributed by atoms with van der Waals surface area (Å²) in [6, 6.07) is 7.25. The molecule has 26 heavy (non-hydrogen) atoms. The van der Waals surface area contributed by atoms with Crippen LogP contribution in [0.2, 0.25) is 0 Å². The van der Waals surface area contributed by atoms with E-state index >= 15 is 0 Å². The first-order chi connectivity index (χ1) is 12.6. The van der Waals surface area contributed by atoms with Crippen LogP contribution in [-0.2, 0) is 4.79 Å². The molecule has 0 radical (unpaired) electrons. The second-order valence-electron chi connectivity index (χ2n) is 5.83. The number of hydrogen-bond donors (Lipinski definition) is 1. The summed E-state index contributed by atoms with van der Waals surface area (Å²) in [4.78, 5) is 42.8. The number of anilines is 1. The predicted molar refractivity (Wildman–Crippen MR) is 92.1 cm³/mol. The third kappa shape index (κ3) is 3.85. The van der Waals surface area contributed by atoms with Crippen LogP contribution in [0.15, 0.2) is 42.7 Å². The number of hydrogen-bond acceptors (Lipinski definition) is 4. The van der Waals surface area contributed by atoms with Crippen LogP contribution >= 0.6 is 0 Å². The van der Waals surface area contributed by atoms with E-state index in [2.05, 4.69) is 10.3 Å². The number of carbonyl (C=O) groups excluding carboxylic acids is 3. The Labute approximate surface area is 149 Å². The fraction of sp³-hybridized carbons (Fsp3) is 0.222. The lowest BCUT2D eigenvalue weighted by Gasteiger charge is -2.32. The van der Waals surface area contributed by atoms with E-state index in [1.807, 2.05) is 0 Å². The Morgan fingerprint density at radius 1 is 1.08 bits per heavy atom. The number of amides is 3. The molecule has 1 aromatic carbocycles. The van der Waals surface area contributed by atoms with Gasteiger partial charge in [0.15, 0.2) is 0 Å². The highest BCUT2D eigenvalue weighted by atomic mass is 19.1. The lowest BCUT2D eigenvalue weighted by Crippen LogP contribution is -2.48. The molecule has 0 saturated carbocycles. The molecular weight excluding hydrogens is 339 g/mol. The Bertz CT molecular complexity index is 835. The van der Waals surface area contributed by atoms with Gasteiger partial charge in [0, 0.05) is 38.6 Å². The summed E-state index contributed by atoms with van der Waals surface area (Å²) >= 11 is 0. The maximum absolute atomic E-state index is 13.7. The SMILES string of the molecule is O=CN1CCN(C(=O)c2cncc(C(=O)Nc3ccccc3F)c2)CC1. The number of carbonyl (C=O) groups is 3. The molecule has 2 heterocycles. The summed E-state index contributed by atoms with van der Waals surface area (Å²) in [7, 11) is 0. The van der Waals surface area contributed by atoms with E-state index in [-0.39, 0.29) is 22.7 Å². The van der Waals surface area contributed by atoms with Crippen molar-refractivity contribution in [3.8, 4) is 0 Å². The van der Waals surface area contributed by atoms with Crippen molar-refractivity contribution in [2.45, 2.75) is 0 Å². The number of pyridine rings is 1. The first kappa shape index (κ1) is 17.5. The van der Waals surface area contributed by atoms with E-state index in [0.717, 1.165) is 6.41 Å². The summed E-state index contributed by atoms with van der Waals surface area (Å²) in [6.07, 6.45) is 3.46. The highest BCUT2D eigenvalue weighted by Gasteiger charge is 2.22. The van der Waals surface area contributed by atoms with Crippen LogP contribution in [0.25, 0.3) is 0 Å². The highest BCUT2D eigenvalue weighted by molar-refractivity contribution is 6.05. The molecule has 1 fully saturated rings. The lowest BCUT2D eigenvalue weighted by atomic mass is 10.1. The topological polar surface area (TPSA) is 82.6 Å². The molecule has 3 amide bonds. The quantitative estimate of drug-likeness (QED) is 0.839. The van der Waals surface area contributed by atoms with Crippen LogP contribution in [0, 0.1) is 5.82 Å². The van der Waals surface area contributed by atoms with Crippen molar-refractivity contribution in [1.82, 2.24) is 14.8 Å². The van der Waals surface area contributed by atoms with Crippen LogP contribution < -0.4 is 5.32 Å². The average molecular weight is 356 g/mol. The summed E-state index contributed by atoms with van der Waals surface area (Å²) in [6.45, 7) is 1.78. The lowest BCUT2D eigenvalue weighted by molar-refractivity contribution is -0.119. The molecule has 0 spiro atoms. The Morgan fingerprint density at radius 3 is 2.46 bits per heavy atom. The van der Waals surface area contributed by atoms with E-state index in [1.165, 1.54) is 36.7 Å². The van der Waals surface area contributed by atoms with E-state index in [0.29, 0.717) is 26.2 Å². The van der Waals surface area contributed by atoms with E-state index in [4.69, 9.17) is 0 Å². The zero-order chi connectivity index (χ0) is 18.5. The molecule has 1 aromatic heterocycles. The van der Waals surface area contributed by atoms with E-state index in [1.54, 1.807) is 15.9 Å². The monoisotopic (exact) mass is 356 g/mol. The zero-order valence-electron chi connectivity index (χ0n) is 13.9. The van der Waals surface area contributed by atoms with Crippen molar-refractivity contribution in [2.75, 3.05) is 31.5 Å². The van der Waals surface area contributed by atoms with Crippen LogP contribution in [0.5, 0.6) is 0 Å². The van der Waals surface area contributed by atoms with Gasteiger partial charge >= 0.3 is 0 Å². The molecule has 7 nitrogen and oxygen atoms in total. The number of piperazine rings is 1. The smallest absolute Gasteiger partial charge is 0.257 e. The Kier molecular flexibility index (Phi) is 5.21. The van der Waals surface area contributed by atoms with Crippen molar-refractivity contribution in [3.05, 3.63) is 59.7 Å². The van der Waals surface area contributed by atoms with Gasteiger partial charge in [-0.2, -0.15) is 0 Å². The molecule has 2 aromatic rings. The predicted octanol–water partition coefficient (Wildman–Crippen LogP) is 1.39. The van der Waals surface area contributed by atoms with E-state index in [9.17, 15) is 18.8 Å². The molecule has 1 aliphatic rings. The number of para-hydroxylation sites is 1. The second-order valence-corrected chi connectivity index (χ2v) is 5.83. The Morgan fingerprint density at radius 2 is 1.77 bits per heavy atom. The summed E-state index contributed by atoms with van der Waals surface area (Å²) in [5.74, 6) is -1.36. The molecular formula is C18H17FN4O3. The normalized spacial score (nSPS) is 14.0. The zero-order valence-corrected chi connectivity index (χ0v) is 13.9. The highest BCUT2D eigenvalue weighted by Crippen LogP contribution is 2.15. The van der Waals surface area contributed by atoms with Gasteiger partial charge < -0.3 is 15.1 Å². The average Bonchev–Trinajstić information content (AvgIpc) is 2.69. The summed E-state index contributed by atoms with van der Waals surface area (Å²) in [5.41, 5.74) is 0.482. The largest absolute Gasteiger partial charge is 0.342 e. The maximum Gasteiger partial charge on any atom is 0.257 e. The Balaban J connectivity index is 1.71. The van der Waals surface area contributed by atoms with Gasteiger partial charge in [-0.25, -0.2) is 4.39 Å². The van der Waals surface area contributed by atoms with Crippen LogP contribution in [0.1, 0.15) is 20.7 Å². The number of nitrogens with one attached hydrogen (secondary N) is 1. The van der Waals surface area contributed by atoms with Gasteiger partial charge in [0.25, 0.3) is 11.8 Å². The molecule has 0 unspecified atom stereocenters. The standard InChI is InChI=1S/C18H17FN4O3/c19-15-3-1-2-4-16(15)21-17(25)13-9-14(11-20-10-13)18(26)23-7-5-22(12-24)6-8-23/h1-4,9-12H,5-8H2,(H,21,25). The van der Waals surface area contributed by atoms with Crippen LogP contribution in [-0.4, -0.2) is 59.2 Å². The molecule has 1 N–H and O–H groups in total. The molecule has 3 rings (SSSR count). The molecule has 8 heteroatoms. The number of rotatable bonds is 4. The fourth-order valence-electron chi connectivity index (χ4n) is 2.65. The number of nitrogens with zero attached hydrogens (tertiary/aromatic N) is 3. The molecule has 0 atom stereocenters. The van der Waals surface area contributed by atoms with Crippen molar-refractivity contribution in [2.24, 2.45) is 0 Å². The molecule has 1 aliphatic heterocycles. The first-order valence-corrected chi connectivity index (χ1v) is 8.08. The molecule has 0 aliphatic carbocycles. The van der Waals surface area contributed by atoms with Crippen molar-refractivity contribution >= 4 is 23.9 Å². The minimum absolute atomic E-state index is 0.0548. The third-order valence-electron chi connectivity index (χ3n) is 4.12. The molecule has 1 saturated heterocycles. The van der Waals surface area contributed by atoms with E-state index < -0.39 is 11.7 Å². The van der Waals surface area contributed by atoms with Crippen molar-refractivity contribution < 1.29 is 18.8 Å². The van der Waals surface area contributed by atoms with Crippen LogP contribution in [0.3, 0.4) is 0 Å². The van der Waals surface area contributed by atoms with Gasteiger partial charge in [-0.05, 0) is 18.2 Å². The van der Waals surface area contributed by atoms with Crippen LogP contribution in [0.4, 0.5) is 10.1 Å². The summed E-state index contributed by atoms with van der Waals surface area (Å²) < 4.78 is 13.7. The van der Waals surface area contributed by atoms with Gasteiger partial charge in [0.2, 0.25) is 6.41 Å². The van der Waals surface area contributed by atoms with Gasteiger partial charge in [0.1, 0.15) is 5.82 Å². The van der Waals surface area contributed by atoms with Gasteiger partial charge in [-0.1, -0.05) is 12.1 Å². The number of aromatic nitrogens is 1. The third-order valence-corrected chi connectivity index (χ3v) is 4.12. The minimum Gasteiger partial charge on any atom is -0.342 e. The maximum atomic E-state index is 13.7.